The molecule has 1 aromatic carbocycles. The van der Waals surface area contributed by atoms with Gasteiger partial charge in [-0.1, -0.05) is 13.0 Å². The maximum absolute atomic E-state index is 12.0. The Labute approximate surface area is 109 Å². The number of anilines is 2. The summed E-state index contributed by atoms with van der Waals surface area (Å²) in [7, 11) is 3.96. The Morgan fingerprint density at radius 2 is 2.06 bits per heavy atom. The zero-order chi connectivity index (χ0) is 13.9. The number of hydrogen-bond donors (Lipinski definition) is 2. The number of nitrogens with zero attached hydrogens (tertiary/aromatic N) is 1. The van der Waals surface area contributed by atoms with Crippen LogP contribution in [0, 0.1) is 6.92 Å². The van der Waals surface area contributed by atoms with Gasteiger partial charge in [-0.15, -0.1) is 0 Å². The first-order valence-corrected chi connectivity index (χ1v) is 6.16. The predicted octanol–water partition coefficient (Wildman–Crippen LogP) is 2.13. The molecule has 1 unspecified atom stereocenters. The van der Waals surface area contributed by atoms with Gasteiger partial charge in [-0.3, -0.25) is 4.79 Å². The maximum atomic E-state index is 12.0. The Morgan fingerprint density at radius 3 is 2.56 bits per heavy atom. The number of carbonyl (C=O) groups excluding carboxylic acids is 1. The Hall–Kier alpha value is -1.55. The number of amides is 1. The van der Waals surface area contributed by atoms with Crippen molar-refractivity contribution in [2.45, 2.75) is 32.7 Å². The van der Waals surface area contributed by atoms with E-state index >= 15 is 0 Å². The maximum Gasteiger partial charge on any atom is 0.244 e. The van der Waals surface area contributed by atoms with Gasteiger partial charge >= 0.3 is 0 Å². The van der Waals surface area contributed by atoms with E-state index in [0.717, 1.165) is 11.4 Å². The molecule has 4 heteroatoms. The van der Waals surface area contributed by atoms with Crippen LogP contribution in [-0.4, -0.2) is 25.5 Å². The minimum Gasteiger partial charge on any atom is -0.377 e. The molecule has 0 fully saturated rings. The molecular formula is C14H23N3O. The first kappa shape index (κ1) is 14.5. The van der Waals surface area contributed by atoms with E-state index in [0.29, 0.717) is 6.42 Å². The summed E-state index contributed by atoms with van der Waals surface area (Å²) in [6.45, 7) is 5.68. The summed E-state index contributed by atoms with van der Waals surface area (Å²) >= 11 is 0. The van der Waals surface area contributed by atoms with Crippen LogP contribution >= 0.6 is 0 Å². The van der Waals surface area contributed by atoms with Crippen molar-refractivity contribution in [3.63, 3.8) is 0 Å². The smallest absolute Gasteiger partial charge is 0.244 e. The van der Waals surface area contributed by atoms with Crippen LogP contribution in [-0.2, 0) is 4.79 Å². The van der Waals surface area contributed by atoms with Gasteiger partial charge in [0.05, 0.1) is 5.54 Å². The highest BCUT2D eigenvalue weighted by Crippen LogP contribution is 2.23. The third kappa shape index (κ3) is 3.23. The molecular weight excluding hydrogens is 226 g/mol. The third-order valence-corrected chi connectivity index (χ3v) is 3.20. The second-order valence-electron chi connectivity index (χ2n) is 5.12. The zero-order valence-electron chi connectivity index (χ0n) is 11.9. The van der Waals surface area contributed by atoms with E-state index in [2.05, 4.69) is 5.32 Å². The summed E-state index contributed by atoms with van der Waals surface area (Å²) in [6.07, 6.45) is 0.602. The molecule has 0 bridgehead atoms. The lowest BCUT2D eigenvalue weighted by atomic mass is 9.99. The molecule has 0 radical (unpaired) electrons. The number of aryl methyl sites for hydroxylation is 1. The van der Waals surface area contributed by atoms with E-state index in [1.807, 2.05) is 51.0 Å². The molecule has 0 aliphatic heterocycles. The molecule has 18 heavy (non-hydrogen) atoms. The average Bonchev–Trinajstić information content (AvgIpc) is 2.31. The lowest BCUT2D eigenvalue weighted by molar-refractivity contribution is -0.120. The fraction of sp³-hybridized carbons (Fsp3) is 0.500. The average molecular weight is 249 g/mol. The molecule has 0 aliphatic rings. The lowest BCUT2D eigenvalue weighted by Crippen LogP contribution is -2.47. The minimum atomic E-state index is -0.830. The molecule has 1 amide bonds. The molecule has 0 saturated heterocycles. The van der Waals surface area contributed by atoms with E-state index < -0.39 is 5.54 Å². The predicted molar refractivity (Wildman–Crippen MR) is 77.0 cm³/mol. The highest BCUT2D eigenvalue weighted by molar-refractivity contribution is 5.98. The zero-order valence-corrected chi connectivity index (χ0v) is 11.9. The largest absolute Gasteiger partial charge is 0.377 e. The Kier molecular flexibility index (Phi) is 4.35. The number of carbonyl (C=O) groups is 1. The van der Waals surface area contributed by atoms with E-state index in [4.69, 9.17) is 5.73 Å². The summed E-state index contributed by atoms with van der Waals surface area (Å²) in [6, 6.07) is 5.84. The lowest BCUT2D eigenvalue weighted by Gasteiger charge is -2.22. The van der Waals surface area contributed by atoms with Gasteiger partial charge in [0.15, 0.2) is 0 Å². The van der Waals surface area contributed by atoms with Gasteiger partial charge in [-0.25, -0.2) is 0 Å². The molecule has 0 saturated carbocycles. The van der Waals surface area contributed by atoms with Crippen LogP contribution in [0.4, 0.5) is 11.4 Å². The van der Waals surface area contributed by atoms with Gasteiger partial charge in [0.2, 0.25) is 5.91 Å². The molecule has 100 valence electrons. The van der Waals surface area contributed by atoms with Crippen LogP contribution in [0.3, 0.4) is 0 Å². The number of benzene rings is 1. The van der Waals surface area contributed by atoms with Crippen LogP contribution in [0.1, 0.15) is 25.8 Å². The Morgan fingerprint density at radius 1 is 1.44 bits per heavy atom. The second kappa shape index (κ2) is 5.40. The molecule has 0 aliphatic carbocycles. The second-order valence-corrected chi connectivity index (χ2v) is 5.12. The summed E-state index contributed by atoms with van der Waals surface area (Å²) in [5, 5.41) is 2.86. The van der Waals surface area contributed by atoms with Crippen molar-refractivity contribution in [3.8, 4) is 0 Å². The topological polar surface area (TPSA) is 58.4 Å². The van der Waals surface area contributed by atoms with E-state index in [9.17, 15) is 4.79 Å². The van der Waals surface area contributed by atoms with Crippen LogP contribution in [0.25, 0.3) is 0 Å². The molecule has 3 N–H and O–H groups in total. The van der Waals surface area contributed by atoms with Gasteiger partial charge < -0.3 is 16.0 Å². The number of rotatable bonds is 4. The van der Waals surface area contributed by atoms with Crippen LogP contribution in [0.5, 0.6) is 0 Å². The van der Waals surface area contributed by atoms with Crippen LogP contribution < -0.4 is 16.0 Å². The molecule has 1 aromatic rings. The summed E-state index contributed by atoms with van der Waals surface area (Å²) in [5.74, 6) is -0.154. The fourth-order valence-corrected chi connectivity index (χ4v) is 1.60. The van der Waals surface area contributed by atoms with Gasteiger partial charge in [0.25, 0.3) is 0 Å². The van der Waals surface area contributed by atoms with Gasteiger partial charge in [0.1, 0.15) is 0 Å². The van der Waals surface area contributed by atoms with Crippen molar-refractivity contribution in [2.75, 3.05) is 24.3 Å². The van der Waals surface area contributed by atoms with Gasteiger partial charge in [-0.2, -0.15) is 0 Å². The van der Waals surface area contributed by atoms with E-state index in [1.165, 1.54) is 5.56 Å². The van der Waals surface area contributed by atoms with Crippen LogP contribution in [0.15, 0.2) is 18.2 Å². The number of hydrogen-bond acceptors (Lipinski definition) is 3. The number of nitrogens with one attached hydrogen (secondary N) is 1. The van der Waals surface area contributed by atoms with Crippen molar-refractivity contribution in [1.29, 1.82) is 0 Å². The van der Waals surface area contributed by atoms with E-state index in [-0.39, 0.29) is 5.91 Å². The molecule has 0 aromatic heterocycles. The van der Waals surface area contributed by atoms with E-state index in [1.54, 1.807) is 6.92 Å². The SMILES string of the molecule is CCC(C)(N)C(=O)Nc1ccc(C)c(N(C)C)c1. The third-order valence-electron chi connectivity index (χ3n) is 3.20. The van der Waals surface area contributed by atoms with Crippen molar-refractivity contribution in [2.24, 2.45) is 5.73 Å². The Balaban J connectivity index is 2.93. The standard InChI is InChI=1S/C14H23N3O/c1-6-14(3,15)13(18)16-11-8-7-10(2)12(9-11)17(4)5/h7-9H,6,15H2,1-5H3,(H,16,18). The minimum absolute atomic E-state index is 0.154. The Bertz CT molecular complexity index is 439. The summed E-state index contributed by atoms with van der Waals surface area (Å²) in [5.41, 5.74) is 8.12. The van der Waals surface area contributed by atoms with Crippen molar-refractivity contribution in [3.05, 3.63) is 23.8 Å². The van der Waals surface area contributed by atoms with Crippen molar-refractivity contribution < 1.29 is 4.79 Å². The molecule has 1 rings (SSSR count). The summed E-state index contributed by atoms with van der Waals surface area (Å²) < 4.78 is 0. The highest BCUT2D eigenvalue weighted by Gasteiger charge is 2.25. The van der Waals surface area contributed by atoms with Gasteiger partial charge in [0, 0.05) is 25.5 Å². The molecule has 4 nitrogen and oxygen atoms in total. The van der Waals surface area contributed by atoms with Crippen molar-refractivity contribution in [1.82, 2.24) is 0 Å². The molecule has 1 atom stereocenters. The highest BCUT2D eigenvalue weighted by atomic mass is 16.2. The molecule has 0 heterocycles. The first-order valence-electron chi connectivity index (χ1n) is 6.16. The normalized spacial score (nSPS) is 13.9. The first-order chi connectivity index (χ1) is 8.27. The number of nitrogens with two attached hydrogens (primary N) is 1. The quantitative estimate of drug-likeness (QED) is 0.859. The summed E-state index contributed by atoms with van der Waals surface area (Å²) in [4.78, 5) is 14.0. The van der Waals surface area contributed by atoms with Crippen molar-refractivity contribution >= 4 is 17.3 Å². The van der Waals surface area contributed by atoms with Gasteiger partial charge in [-0.05, 0) is 38.0 Å². The fourth-order valence-electron chi connectivity index (χ4n) is 1.60. The monoisotopic (exact) mass is 249 g/mol. The van der Waals surface area contributed by atoms with Crippen LogP contribution in [0.2, 0.25) is 0 Å². The molecule has 0 spiro atoms.